The zero-order valence-electron chi connectivity index (χ0n) is 15.0. The van der Waals surface area contributed by atoms with Gasteiger partial charge in [-0.2, -0.15) is 0 Å². The first-order valence-electron chi connectivity index (χ1n) is 7.70. The molecule has 0 fully saturated rings. The lowest BCUT2D eigenvalue weighted by molar-refractivity contribution is 0.322. The summed E-state index contributed by atoms with van der Waals surface area (Å²) in [5.74, 6) is 2.33. The second-order valence-corrected chi connectivity index (χ2v) is 5.97. The van der Waals surface area contributed by atoms with Gasteiger partial charge in [0.05, 0.1) is 33.5 Å². The lowest BCUT2D eigenvalue weighted by atomic mass is 10.1. The van der Waals surface area contributed by atoms with E-state index in [0.29, 0.717) is 39.7 Å². The summed E-state index contributed by atoms with van der Waals surface area (Å²) in [5, 5.41) is 7.15. The first kappa shape index (κ1) is 19.9. The quantitative estimate of drug-likeness (QED) is 0.689. The first-order chi connectivity index (χ1) is 12.5. The zero-order chi connectivity index (χ0) is 19.1. The third-order valence-electron chi connectivity index (χ3n) is 3.63. The zero-order valence-corrected chi connectivity index (χ0v) is 16.6. The van der Waals surface area contributed by atoms with E-state index in [-0.39, 0.29) is 0 Å². The van der Waals surface area contributed by atoms with Gasteiger partial charge in [0.25, 0.3) is 0 Å². The summed E-state index contributed by atoms with van der Waals surface area (Å²) in [6.07, 6.45) is 0. The van der Waals surface area contributed by atoms with Crippen LogP contribution in [-0.4, -0.2) is 33.6 Å². The van der Waals surface area contributed by atoms with Crippen molar-refractivity contribution in [3.63, 3.8) is 0 Å². The minimum absolute atomic E-state index is 0.444. The van der Waals surface area contributed by atoms with Gasteiger partial charge in [0, 0.05) is 17.8 Å². The molecule has 140 valence electrons. The number of benzene rings is 2. The Morgan fingerprint density at radius 2 is 1.58 bits per heavy atom. The number of hydrogen-bond donors (Lipinski definition) is 2. The van der Waals surface area contributed by atoms with E-state index >= 15 is 0 Å². The van der Waals surface area contributed by atoms with E-state index in [4.69, 9.17) is 42.8 Å². The topological polar surface area (TPSA) is 61.0 Å². The molecule has 0 aliphatic heterocycles. The Morgan fingerprint density at radius 3 is 2.15 bits per heavy atom. The molecule has 2 aromatic carbocycles. The highest BCUT2D eigenvalue weighted by molar-refractivity contribution is 7.80. The van der Waals surface area contributed by atoms with Crippen LogP contribution in [0.2, 0.25) is 5.02 Å². The van der Waals surface area contributed by atoms with Crippen molar-refractivity contribution in [1.29, 1.82) is 0 Å². The molecule has 0 atom stereocenters. The summed E-state index contributed by atoms with van der Waals surface area (Å²) in [5.41, 5.74) is 1.63. The molecule has 0 bridgehead atoms. The van der Waals surface area contributed by atoms with Crippen LogP contribution < -0.4 is 29.6 Å². The van der Waals surface area contributed by atoms with E-state index < -0.39 is 0 Å². The van der Waals surface area contributed by atoms with Crippen molar-refractivity contribution in [2.45, 2.75) is 6.54 Å². The lowest BCUT2D eigenvalue weighted by Crippen LogP contribution is -2.28. The summed E-state index contributed by atoms with van der Waals surface area (Å²) in [6.45, 7) is 0.444. The Morgan fingerprint density at radius 1 is 0.923 bits per heavy atom. The molecule has 0 aliphatic carbocycles. The van der Waals surface area contributed by atoms with Crippen LogP contribution in [0.4, 0.5) is 5.69 Å². The molecule has 0 spiro atoms. The third-order valence-corrected chi connectivity index (χ3v) is 4.18. The maximum absolute atomic E-state index is 6.12. The lowest BCUT2D eigenvalue weighted by Gasteiger charge is -2.17. The molecule has 0 saturated carbocycles. The molecule has 0 radical (unpaired) electrons. The highest BCUT2D eigenvalue weighted by atomic mass is 35.5. The predicted molar refractivity (Wildman–Crippen MR) is 107 cm³/mol. The average Bonchev–Trinajstić information content (AvgIpc) is 2.65. The average molecular weight is 397 g/mol. The van der Waals surface area contributed by atoms with Gasteiger partial charge in [-0.15, -0.1) is 0 Å². The summed E-state index contributed by atoms with van der Waals surface area (Å²) < 4.78 is 21.3. The standard InChI is InChI=1S/C18H21ClN2O4S/c1-22-14-8-6-12(9-13(14)19)21-18(26)20-10-11-5-7-15(23-2)17(25-4)16(11)24-3/h5-9H,10H2,1-4H3,(H2,20,21,26). The van der Waals surface area contributed by atoms with Crippen LogP contribution >= 0.6 is 23.8 Å². The number of methoxy groups -OCH3 is 4. The van der Waals surface area contributed by atoms with Crippen LogP contribution in [0.5, 0.6) is 23.0 Å². The van der Waals surface area contributed by atoms with Crippen molar-refractivity contribution in [3.05, 3.63) is 40.9 Å². The molecule has 26 heavy (non-hydrogen) atoms. The number of anilines is 1. The smallest absolute Gasteiger partial charge is 0.203 e. The number of rotatable bonds is 7. The summed E-state index contributed by atoms with van der Waals surface area (Å²) in [7, 11) is 6.29. The Balaban J connectivity index is 2.06. The molecular formula is C18H21ClN2O4S. The number of ether oxygens (including phenoxy) is 4. The fourth-order valence-electron chi connectivity index (χ4n) is 2.40. The minimum Gasteiger partial charge on any atom is -0.495 e. The molecule has 2 N–H and O–H groups in total. The predicted octanol–water partition coefficient (Wildman–Crippen LogP) is 3.86. The number of hydrogen-bond acceptors (Lipinski definition) is 5. The molecule has 0 aliphatic rings. The van der Waals surface area contributed by atoms with Crippen molar-refractivity contribution in [1.82, 2.24) is 5.32 Å². The first-order valence-corrected chi connectivity index (χ1v) is 8.48. The molecule has 0 amide bonds. The van der Waals surface area contributed by atoms with Crippen molar-refractivity contribution >= 4 is 34.6 Å². The van der Waals surface area contributed by atoms with E-state index in [0.717, 1.165) is 11.3 Å². The van der Waals surface area contributed by atoms with E-state index in [1.54, 1.807) is 40.6 Å². The van der Waals surface area contributed by atoms with E-state index in [1.807, 2.05) is 18.2 Å². The fourth-order valence-corrected chi connectivity index (χ4v) is 2.85. The monoisotopic (exact) mass is 396 g/mol. The van der Waals surface area contributed by atoms with Crippen LogP contribution in [0, 0.1) is 0 Å². The van der Waals surface area contributed by atoms with Crippen molar-refractivity contribution in [2.24, 2.45) is 0 Å². The second kappa shape index (κ2) is 9.35. The molecule has 6 nitrogen and oxygen atoms in total. The van der Waals surface area contributed by atoms with Gasteiger partial charge in [0.1, 0.15) is 5.75 Å². The van der Waals surface area contributed by atoms with Gasteiger partial charge < -0.3 is 29.6 Å². The normalized spacial score (nSPS) is 10.0. The third kappa shape index (κ3) is 4.62. The highest BCUT2D eigenvalue weighted by Gasteiger charge is 2.15. The number of thiocarbonyl (C=S) groups is 1. The maximum atomic E-state index is 6.12. The van der Waals surface area contributed by atoms with Gasteiger partial charge in [-0.05, 0) is 42.5 Å². The van der Waals surface area contributed by atoms with Gasteiger partial charge in [-0.1, -0.05) is 11.6 Å². The Hall–Kier alpha value is -2.38. The summed E-state index contributed by atoms with van der Waals surface area (Å²) in [4.78, 5) is 0. The van der Waals surface area contributed by atoms with E-state index in [2.05, 4.69) is 10.6 Å². The SMILES string of the molecule is COc1ccc(NC(=S)NCc2ccc(OC)c(OC)c2OC)cc1Cl. The van der Waals surface area contributed by atoms with Gasteiger partial charge in [-0.25, -0.2) is 0 Å². The fraction of sp³-hybridized carbons (Fsp3) is 0.278. The molecule has 0 heterocycles. The van der Waals surface area contributed by atoms with Gasteiger partial charge in [-0.3, -0.25) is 0 Å². The number of halogens is 1. The highest BCUT2D eigenvalue weighted by Crippen LogP contribution is 2.39. The van der Waals surface area contributed by atoms with Gasteiger partial charge in [0.15, 0.2) is 16.6 Å². The molecule has 2 aromatic rings. The van der Waals surface area contributed by atoms with Crippen LogP contribution in [0.1, 0.15) is 5.56 Å². The Labute approximate surface area is 163 Å². The van der Waals surface area contributed by atoms with E-state index in [9.17, 15) is 0 Å². The summed E-state index contributed by atoms with van der Waals surface area (Å²) >= 11 is 11.5. The van der Waals surface area contributed by atoms with Crippen molar-refractivity contribution in [3.8, 4) is 23.0 Å². The maximum Gasteiger partial charge on any atom is 0.203 e. The van der Waals surface area contributed by atoms with Gasteiger partial charge in [0.2, 0.25) is 5.75 Å². The molecule has 0 saturated heterocycles. The molecule has 2 rings (SSSR count). The van der Waals surface area contributed by atoms with Crippen molar-refractivity contribution < 1.29 is 18.9 Å². The number of nitrogens with one attached hydrogen (secondary N) is 2. The minimum atomic E-state index is 0.444. The Bertz CT molecular complexity index is 786. The second-order valence-electron chi connectivity index (χ2n) is 5.15. The van der Waals surface area contributed by atoms with Crippen molar-refractivity contribution in [2.75, 3.05) is 33.8 Å². The summed E-state index contributed by atoms with van der Waals surface area (Å²) in [6, 6.07) is 9.05. The molecule has 0 aromatic heterocycles. The van der Waals surface area contributed by atoms with E-state index in [1.165, 1.54) is 0 Å². The largest absolute Gasteiger partial charge is 0.495 e. The molecule has 8 heteroatoms. The van der Waals surface area contributed by atoms with Crippen LogP contribution in [-0.2, 0) is 6.54 Å². The molecule has 0 unspecified atom stereocenters. The van der Waals surface area contributed by atoms with Crippen LogP contribution in [0.25, 0.3) is 0 Å². The van der Waals surface area contributed by atoms with Crippen LogP contribution in [0.3, 0.4) is 0 Å². The van der Waals surface area contributed by atoms with Gasteiger partial charge >= 0.3 is 0 Å². The molecular weight excluding hydrogens is 376 g/mol. The van der Waals surface area contributed by atoms with Crippen LogP contribution in [0.15, 0.2) is 30.3 Å². The Kier molecular flexibility index (Phi) is 7.17.